The third-order valence-electron chi connectivity index (χ3n) is 0.379. The van der Waals surface area contributed by atoms with Gasteiger partial charge in [-0.05, 0) is 0 Å². The molecule has 0 spiro atoms. The highest BCUT2D eigenvalue weighted by Gasteiger charge is 1.80. The Kier molecular flexibility index (Phi) is 3.45. The molecule has 0 aromatic rings. The fraction of sp³-hybridized carbons (Fsp3) is 0. The van der Waals surface area contributed by atoms with Crippen LogP contribution in [0.15, 0.2) is 12.3 Å². The van der Waals surface area contributed by atoms with Gasteiger partial charge in [-0.1, -0.05) is 0 Å². The molecule has 52 valence electrons. The fourth-order valence-corrected chi connectivity index (χ4v) is 0.307. The highest BCUT2D eigenvalue weighted by atomic mass is 32.2. The van der Waals surface area contributed by atoms with Gasteiger partial charge < -0.3 is 9.92 Å². The molecule has 1 amide bonds. The van der Waals surface area contributed by atoms with Crippen LogP contribution in [0, 0.1) is 0 Å². The van der Waals surface area contributed by atoms with Gasteiger partial charge in [0.1, 0.15) is 6.26 Å². The maximum atomic E-state index is 9.84. The van der Waals surface area contributed by atoms with E-state index in [1.165, 1.54) is 0 Å². The topological polar surface area (TPSA) is 86.5 Å². The summed E-state index contributed by atoms with van der Waals surface area (Å²) in [4.78, 5) is 9.84. The first-order chi connectivity index (χ1) is 4.13. The number of hydrogen-bond acceptors (Lipinski definition) is 4. The Morgan fingerprint density at radius 3 is 2.44 bits per heavy atom. The van der Waals surface area contributed by atoms with Crippen LogP contribution in [0.25, 0.3) is 0 Å². The van der Waals surface area contributed by atoms with Gasteiger partial charge in [-0.15, -0.1) is 0 Å². The summed E-state index contributed by atoms with van der Waals surface area (Å²) < 4.78 is 23.0. The van der Waals surface area contributed by atoms with Gasteiger partial charge in [0.05, 0.1) is 0 Å². The minimum atomic E-state index is -2.93. The van der Waals surface area contributed by atoms with E-state index >= 15 is 0 Å². The Hall–Kier alpha value is -1.04. The van der Waals surface area contributed by atoms with Crippen LogP contribution in [0.1, 0.15) is 0 Å². The van der Waals surface area contributed by atoms with Crippen molar-refractivity contribution >= 4 is 16.9 Å². The zero-order valence-corrected chi connectivity index (χ0v) is 5.21. The number of carbonyl (C=O) groups excluding carboxylic acids is 1. The predicted octanol–water partition coefficient (Wildman–Crippen LogP) is -1.47. The van der Waals surface area contributed by atoms with Crippen LogP contribution in [0.2, 0.25) is 0 Å². The summed E-state index contributed by atoms with van der Waals surface area (Å²) in [7, 11) is -2.93. The predicted molar refractivity (Wildman–Crippen MR) is 29.7 cm³/mol. The van der Waals surface area contributed by atoms with E-state index in [9.17, 15) is 13.2 Å². The van der Waals surface area contributed by atoms with Crippen LogP contribution < -0.4 is 5.73 Å². The lowest BCUT2D eigenvalue weighted by molar-refractivity contribution is -0.113. The van der Waals surface area contributed by atoms with E-state index in [1.54, 1.807) is 0 Å². The molecule has 0 aromatic carbocycles. The molecule has 0 saturated heterocycles. The minimum Gasteiger partial charge on any atom is -0.392 e. The SMILES string of the molecule is NC(=O)C=CO[SH](=O)=O. The Morgan fingerprint density at radius 1 is 1.56 bits per heavy atom. The largest absolute Gasteiger partial charge is 0.392 e. The maximum Gasteiger partial charge on any atom is 0.298 e. The van der Waals surface area contributed by atoms with Crippen LogP contribution in [-0.2, 0) is 20.0 Å². The van der Waals surface area contributed by atoms with Crippen LogP contribution in [0.3, 0.4) is 0 Å². The Labute approximate surface area is 53.3 Å². The van der Waals surface area contributed by atoms with Crippen molar-refractivity contribution in [1.29, 1.82) is 0 Å². The average Bonchev–Trinajstić information content (AvgIpc) is 1.63. The first-order valence-corrected chi connectivity index (χ1v) is 2.99. The number of rotatable bonds is 3. The third kappa shape index (κ3) is 6.96. The lowest BCUT2D eigenvalue weighted by atomic mass is 10.6. The molecule has 0 bridgehead atoms. The molecule has 9 heavy (non-hydrogen) atoms. The lowest BCUT2D eigenvalue weighted by Crippen LogP contribution is -2.05. The van der Waals surface area contributed by atoms with Gasteiger partial charge in [0.15, 0.2) is 0 Å². The van der Waals surface area contributed by atoms with Crippen LogP contribution in [0.4, 0.5) is 0 Å². The van der Waals surface area contributed by atoms with Crippen LogP contribution >= 0.6 is 0 Å². The number of thiol groups is 1. The molecule has 0 rings (SSSR count). The smallest absolute Gasteiger partial charge is 0.298 e. The van der Waals surface area contributed by atoms with Crippen molar-refractivity contribution in [3.63, 3.8) is 0 Å². The molecular weight excluding hydrogens is 146 g/mol. The number of amides is 1. The number of primary amides is 1. The van der Waals surface area contributed by atoms with E-state index in [1.807, 2.05) is 0 Å². The maximum absolute atomic E-state index is 9.84. The highest BCUT2D eigenvalue weighted by Crippen LogP contribution is 1.74. The van der Waals surface area contributed by atoms with E-state index in [4.69, 9.17) is 0 Å². The van der Waals surface area contributed by atoms with Crippen molar-refractivity contribution in [1.82, 2.24) is 0 Å². The molecule has 0 unspecified atom stereocenters. The molecule has 2 N–H and O–H groups in total. The van der Waals surface area contributed by atoms with Gasteiger partial charge in [0.2, 0.25) is 5.91 Å². The van der Waals surface area contributed by atoms with E-state index in [-0.39, 0.29) is 0 Å². The standard InChI is InChI=1S/C3H5NO4S/c4-3(5)1-2-8-9(6)7/h1-2,9H,(H2,4,5). The summed E-state index contributed by atoms with van der Waals surface area (Å²) >= 11 is 0. The summed E-state index contributed by atoms with van der Waals surface area (Å²) in [5.74, 6) is -0.758. The Morgan fingerprint density at radius 2 is 2.11 bits per heavy atom. The van der Waals surface area contributed by atoms with Gasteiger partial charge in [-0.2, -0.15) is 8.42 Å². The summed E-state index contributed by atoms with van der Waals surface area (Å²) in [5, 5.41) is 0. The van der Waals surface area contributed by atoms with Crippen LogP contribution in [-0.4, -0.2) is 14.3 Å². The van der Waals surface area contributed by atoms with E-state index in [2.05, 4.69) is 9.92 Å². The molecule has 0 aliphatic carbocycles. The normalized spacial score (nSPS) is 10.3. The molecule has 0 aliphatic rings. The van der Waals surface area contributed by atoms with E-state index in [0.717, 1.165) is 6.08 Å². The Balaban J connectivity index is 3.61. The second-order valence-electron chi connectivity index (χ2n) is 1.03. The fourth-order valence-electron chi connectivity index (χ4n) is 0.147. The third-order valence-corrected chi connectivity index (χ3v) is 0.673. The molecule has 6 heteroatoms. The number of nitrogens with two attached hydrogens (primary N) is 1. The second-order valence-corrected chi connectivity index (χ2v) is 1.69. The molecule has 0 aromatic heterocycles. The van der Waals surface area contributed by atoms with Crippen molar-refractivity contribution in [2.75, 3.05) is 0 Å². The monoisotopic (exact) mass is 151 g/mol. The first-order valence-electron chi connectivity index (χ1n) is 1.90. The summed E-state index contributed by atoms with van der Waals surface area (Å²) in [6, 6.07) is 0. The van der Waals surface area contributed by atoms with Crippen molar-refractivity contribution in [2.24, 2.45) is 5.73 Å². The highest BCUT2D eigenvalue weighted by molar-refractivity contribution is 7.67. The molecule has 0 radical (unpaired) electrons. The molecule has 0 saturated carbocycles. The second kappa shape index (κ2) is 3.90. The van der Waals surface area contributed by atoms with Gasteiger partial charge in [-0.25, -0.2) is 0 Å². The van der Waals surface area contributed by atoms with Crippen molar-refractivity contribution in [2.45, 2.75) is 0 Å². The number of hydrogen-bond donors (Lipinski definition) is 2. The molecular formula is C3H5NO4S. The molecule has 0 aliphatic heterocycles. The molecule has 5 nitrogen and oxygen atoms in total. The quantitative estimate of drug-likeness (QED) is 0.293. The van der Waals surface area contributed by atoms with Gasteiger partial charge >= 0.3 is 0 Å². The van der Waals surface area contributed by atoms with Gasteiger partial charge in [-0.3, -0.25) is 4.79 Å². The lowest BCUT2D eigenvalue weighted by Gasteiger charge is -1.81. The summed E-state index contributed by atoms with van der Waals surface area (Å²) in [6.45, 7) is 0. The van der Waals surface area contributed by atoms with Crippen molar-refractivity contribution < 1.29 is 17.4 Å². The van der Waals surface area contributed by atoms with E-state index < -0.39 is 16.9 Å². The van der Waals surface area contributed by atoms with Gasteiger partial charge in [0.25, 0.3) is 11.0 Å². The van der Waals surface area contributed by atoms with Crippen LogP contribution in [0.5, 0.6) is 0 Å². The minimum absolute atomic E-state index is 0.702. The van der Waals surface area contributed by atoms with Gasteiger partial charge in [0, 0.05) is 6.08 Å². The molecule has 0 atom stereocenters. The first kappa shape index (κ1) is 7.96. The molecule has 0 heterocycles. The summed E-state index contributed by atoms with van der Waals surface area (Å²) in [6.07, 6.45) is 1.50. The van der Waals surface area contributed by atoms with E-state index in [0.29, 0.717) is 6.26 Å². The summed E-state index contributed by atoms with van der Waals surface area (Å²) in [5.41, 5.74) is 4.58. The zero-order chi connectivity index (χ0) is 7.28. The molecule has 0 fully saturated rings. The zero-order valence-electron chi connectivity index (χ0n) is 4.31. The Bertz CT molecular complexity index is 186. The van der Waals surface area contributed by atoms with Crippen molar-refractivity contribution in [3.8, 4) is 0 Å². The number of carbonyl (C=O) groups is 1. The van der Waals surface area contributed by atoms with Crippen molar-refractivity contribution in [3.05, 3.63) is 12.3 Å². The average molecular weight is 151 g/mol.